The number of hydrogen-bond acceptors (Lipinski definition) is 4. The number of benzene rings is 1. The summed E-state index contributed by atoms with van der Waals surface area (Å²) in [4.78, 5) is 24.0. The third-order valence-corrected chi connectivity index (χ3v) is 2.70. The molecule has 14 heavy (non-hydrogen) atoms. The minimum atomic E-state index is -1.09. The van der Waals surface area contributed by atoms with Crippen molar-refractivity contribution in [3.63, 3.8) is 0 Å². The molecule has 72 valence electrons. The Morgan fingerprint density at radius 3 is 2.86 bits per heavy atom. The summed E-state index contributed by atoms with van der Waals surface area (Å²) in [7, 11) is 0. The summed E-state index contributed by atoms with van der Waals surface area (Å²) in [6, 6.07) is 2.88. The molecule has 1 aromatic carbocycles. The third kappa shape index (κ3) is 1.25. The van der Waals surface area contributed by atoms with Crippen molar-refractivity contribution in [1.29, 1.82) is 0 Å². The predicted molar refractivity (Wildman–Crippen MR) is 53.8 cm³/mol. The number of H-pyrrole nitrogens is 1. The maximum absolute atomic E-state index is 11.0. The Balaban J connectivity index is 2.92. The molecule has 4 N–H and O–H groups in total. The zero-order valence-electron chi connectivity index (χ0n) is 6.90. The van der Waals surface area contributed by atoms with E-state index in [0.29, 0.717) is 15.9 Å². The lowest BCUT2D eigenvalue weighted by Crippen LogP contribution is -1.98. The van der Waals surface area contributed by atoms with E-state index in [9.17, 15) is 9.59 Å². The van der Waals surface area contributed by atoms with E-state index in [2.05, 4.69) is 4.98 Å². The van der Waals surface area contributed by atoms with E-state index in [0.717, 1.165) is 11.3 Å². The molecule has 0 fully saturated rings. The molecule has 6 heteroatoms. The van der Waals surface area contributed by atoms with Gasteiger partial charge in [-0.1, -0.05) is 11.3 Å². The number of carboxylic acids is 1. The van der Waals surface area contributed by atoms with Gasteiger partial charge in [0.25, 0.3) is 0 Å². The third-order valence-electron chi connectivity index (χ3n) is 1.77. The van der Waals surface area contributed by atoms with Gasteiger partial charge in [0, 0.05) is 5.69 Å². The molecule has 2 rings (SSSR count). The maximum atomic E-state index is 11.0. The number of anilines is 1. The maximum Gasteiger partial charge on any atom is 0.337 e. The second kappa shape index (κ2) is 2.85. The Labute approximate surface area is 81.8 Å². The first-order valence-electron chi connectivity index (χ1n) is 3.73. The number of fused-ring (bicyclic) bond motifs is 1. The van der Waals surface area contributed by atoms with Crippen LogP contribution in [0.4, 0.5) is 5.69 Å². The summed E-state index contributed by atoms with van der Waals surface area (Å²) < 4.78 is 0.428. The van der Waals surface area contributed by atoms with Gasteiger partial charge in [-0.3, -0.25) is 4.79 Å². The van der Waals surface area contributed by atoms with Gasteiger partial charge in [0.1, 0.15) is 0 Å². The van der Waals surface area contributed by atoms with Crippen LogP contribution in [0.25, 0.3) is 10.2 Å². The van der Waals surface area contributed by atoms with Gasteiger partial charge >= 0.3 is 10.8 Å². The van der Waals surface area contributed by atoms with Gasteiger partial charge in [-0.2, -0.15) is 0 Å². The highest BCUT2D eigenvalue weighted by Gasteiger charge is 2.12. The molecule has 1 heterocycles. The zero-order chi connectivity index (χ0) is 10.3. The van der Waals surface area contributed by atoms with Crippen molar-refractivity contribution in [1.82, 2.24) is 4.98 Å². The van der Waals surface area contributed by atoms with Crippen LogP contribution in [-0.2, 0) is 0 Å². The summed E-state index contributed by atoms with van der Waals surface area (Å²) in [6.07, 6.45) is 0. The summed E-state index contributed by atoms with van der Waals surface area (Å²) >= 11 is 0.868. The molecule has 0 saturated carbocycles. The van der Waals surface area contributed by atoms with Crippen LogP contribution in [0.5, 0.6) is 0 Å². The Morgan fingerprint density at radius 2 is 2.21 bits per heavy atom. The number of carboxylic acid groups (broad SMARTS) is 1. The van der Waals surface area contributed by atoms with Crippen LogP contribution in [-0.4, -0.2) is 16.1 Å². The molecule has 0 aliphatic rings. The first-order valence-corrected chi connectivity index (χ1v) is 4.55. The number of thiazole rings is 1. The predicted octanol–water partition coefficient (Wildman–Crippen LogP) is 0.870. The van der Waals surface area contributed by atoms with E-state index >= 15 is 0 Å². The highest BCUT2D eigenvalue weighted by Crippen LogP contribution is 2.22. The van der Waals surface area contributed by atoms with Crippen molar-refractivity contribution in [3.8, 4) is 0 Å². The molecular weight excluding hydrogens is 204 g/mol. The summed E-state index contributed by atoms with van der Waals surface area (Å²) in [5.41, 5.74) is 6.34. The van der Waals surface area contributed by atoms with Crippen LogP contribution in [0.1, 0.15) is 10.4 Å². The number of nitrogen functional groups attached to an aromatic ring is 1. The summed E-state index contributed by atoms with van der Waals surface area (Å²) in [5.74, 6) is -1.09. The standard InChI is InChI=1S/C8H6N2O3S/c9-3-1-4(7(11)12)6-5(2-3)10-8(13)14-6/h1-2H,9H2,(H,10,13)(H,11,12). The van der Waals surface area contributed by atoms with E-state index in [-0.39, 0.29) is 10.4 Å². The molecule has 0 saturated heterocycles. The number of nitrogens with two attached hydrogens (primary N) is 1. The number of aromatic nitrogens is 1. The van der Waals surface area contributed by atoms with E-state index in [1.54, 1.807) is 6.07 Å². The van der Waals surface area contributed by atoms with Crippen LogP contribution >= 0.6 is 11.3 Å². The molecule has 0 radical (unpaired) electrons. The molecule has 0 aliphatic carbocycles. The average molecular weight is 210 g/mol. The monoisotopic (exact) mass is 210 g/mol. The van der Waals surface area contributed by atoms with Gasteiger partial charge in [0.2, 0.25) is 0 Å². The first-order chi connectivity index (χ1) is 6.58. The van der Waals surface area contributed by atoms with Gasteiger partial charge in [0.15, 0.2) is 0 Å². The molecule has 1 aromatic heterocycles. The molecule has 2 aromatic rings. The van der Waals surface area contributed by atoms with Crippen molar-refractivity contribution in [2.24, 2.45) is 0 Å². The van der Waals surface area contributed by atoms with Crippen LogP contribution < -0.4 is 10.6 Å². The zero-order valence-corrected chi connectivity index (χ0v) is 7.72. The average Bonchev–Trinajstić information content (AvgIpc) is 2.42. The SMILES string of the molecule is Nc1cc(C(=O)O)c2sc(=O)[nH]c2c1. The Hall–Kier alpha value is -1.82. The number of aromatic carboxylic acids is 1. The van der Waals surface area contributed by atoms with Crippen molar-refractivity contribution in [2.45, 2.75) is 0 Å². The van der Waals surface area contributed by atoms with E-state index in [1.807, 2.05) is 0 Å². The second-order valence-corrected chi connectivity index (χ2v) is 3.75. The topological polar surface area (TPSA) is 96.2 Å². The molecule has 0 aliphatic heterocycles. The Bertz CT molecular complexity index is 569. The van der Waals surface area contributed by atoms with Crippen LogP contribution in [0.15, 0.2) is 16.9 Å². The van der Waals surface area contributed by atoms with Crippen LogP contribution in [0, 0.1) is 0 Å². The largest absolute Gasteiger partial charge is 0.478 e. The lowest BCUT2D eigenvalue weighted by atomic mass is 10.2. The van der Waals surface area contributed by atoms with E-state index < -0.39 is 5.97 Å². The molecule has 0 unspecified atom stereocenters. The van der Waals surface area contributed by atoms with Gasteiger partial charge in [-0.15, -0.1) is 0 Å². The number of hydrogen-bond donors (Lipinski definition) is 3. The number of carbonyl (C=O) groups is 1. The summed E-state index contributed by atoms with van der Waals surface area (Å²) in [6.45, 7) is 0. The second-order valence-electron chi connectivity index (χ2n) is 2.76. The fraction of sp³-hybridized carbons (Fsp3) is 0. The van der Waals surface area contributed by atoms with Crippen LogP contribution in [0.2, 0.25) is 0 Å². The van der Waals surface area contributed by atoms with Gasteiger partial charge < -0.3 is 15.8 Å². The van der Waals surface area contributed by atoms with Gasteiger partial charge in [-0.05, 0) is 12.1 Å². The molecule has 0 bridgehead atoms. The molecule has 0 amide bonds. The van der Waals surface area contributed by atoms with E-state index in [1.165, 1.54) is 6.07 Å². The number of nitrogens with one attached hydrogen (secondary N) is 1. The van der Waals surface area contributed by atoms with Crippen molar-refractivity contribution >= 4 is 33.2 Å². The Kier molecular flexibility index (Phi) is 1.78. The fourth-order valence-electron chi connectivity index (χ4n) is 1.24. The number of aromatic amines is 1. The molecule has 5 nitrogen and oxygen atoms in total. The molecule has 0 atom stereocenters. The lowest BCUT2D eigenvalue weighted by Gasteiger charge is -1.98. The van der Waals surface area contributed by atoms with Gasteiger partial charge in [-0.25, -0.2) is 4.79 Å². The molecular formula is C8H6N2O3S. The quantitative estimate of drug-likeness (QED) is 0.608. The van der Waals surface area contributed by atoms with E-state index in [4.69, 9.17) is 10.8 Å². The smallest absolute Gasteiger partial charge is 0.337 e. The van der Waals surface area contributed by atoms with Crippen LogP contribution in [0.3, 0.4) is 0 Å². The number of rotatable bonds is 1. The minimum Gasteiger partial charge on any atom is -0.478 e. The van der Waals surface area contributed by atoms with Gasteiger partial charge in [0.05, 0.1) is 15.8 Å². The highest BCUT2D eigenvalue weighted by molar-refractivity contribution is 7.16. The van der Waals surface area contributed by atoms with Crippen molar-refractivity contribution in [3.05, 3.63) is 27.4 Å². The summed E-state index contributed by atoms with van der Waals surface area (Å²) in [5, 5.41) is 8.85. The normalized spacial score (nSPS) is 10.6. The highest BCUT2D eigenvalue weighted by atomic mass is 32.1. The minimum absolute atomic E-state index is 0.0587. The first kappa shape index (κ1) is 8.76. The lowest BCUT2D eigenvalue weighted by molar-refractivity contribution is 0.0699. The van der Waals surface area contributed by atoms with Crippen molar-refractivity contribution < 1.29 is 9.90 Å². The Morgan fingerprint density at radius 1 is 1.50 bits per heavy atom. The fourth-order valence-corrected chi connectivity index (χ4v) is 2.06. The molecule has 0 spiro atoms. The van der Waals surface area contributed by atoms with Crippen molar-refractivity contribution in [2.75, 3.05) is 5.73 Å².